The molecule has 0 saturated carbocycles. The number of sulfonamides is 1. The molecule has 1 heterocycles. The van der Waals surface area contributed by atoms with Gasteiger partial charge in [-0.2, -0.15) is 4.31 Å². The van der Waals surface area contributed by atoms with Crippen molar-refractivity contribution in [2.75, 3.05) is 13.1 Å². The van der Waals surface area contributed by atoms with E-state index in [9.17, 15) is 12.8 Å². The van der Waals surface area contributed by atoms with Crippen molar-refractivity contribution in [2.45, 2.75) is 24.7 Å². The zero-order valence-electron chi connectivity index (χ0n) is 10.1. The number of benzene rings is 1. The summed E-state index contributed by atoms with van der Waals surface area (Å²) >= 11 is 3.12. The first-order valence-corrected chi connectivity index (χ1v) is 8.10. The number of rotatable bonds is 2. The van der Waals surface area contributed by atoms with E-state index in [4.69, 9.17) is 0 Å². The molecule has 18 heavy (non-hydrogen) atoms. The summed E-state index contributed by atoms with van der Waals surface area (Å²) in [4.78, 5) is 0.137. The molecule has 1 saturated heterocycles. The molecule has 1 aliphatic heterocycles. The molecule has 0 N–H and O–H groups in total. The van der Waals surface area contributed by atoms with Crippen molar-refractivity contribution < 1.29 is 12.8 Å². The maximum Gasteiger partial charge on any atom is 0.244 e. The van der Waals surface area contributed by atoms with Crippen molar-refractivity contribution in [3.05, 3.63) is 28.5 Å². The lowest BCUT2D eigenvalue weighted by molar-refractivity contribution is 0.281. The van der Waals surface area contributed by atoms with E-state index in [0.29, 0.717) is 19.0 Å². The lowest BCUT2D eigenvalue weighted by Crippen LogP contribution is -2.39. The Morgan fingerprint density at radius 1 is 1.44 bits per heavy atom. The van der Waals surface area contributed by atoms with Crippen molar-refractivity contribution in [3.8, 4) is 0 Å². The van der Waals surface area contributed by atoms with E-state index in [1.807, 2.05) is 6.92 Å². The van der Waals surface area contributed by atoms with E-state index in [1.54, 1.807) is 0 Å². The van der Waals surface area contributed by atoms with E-state index in [0.717, 1.165) is 12.8 Å². The number of halogens is 2. The van der Waals surface area contributed by atoms with E-state index in [2.05, 4.69) is 15.9 Å². The first-order valence-electron chi connectivity index (χ1n) is 5.86. The molecule has 1 atom stereocenters. The van der Waals surface area contributed by atoms with E-state index < -0.39 is 15.8 Å². The second-order valence-corrected chi connectivity index (χ2v) is 7.45. The molecule has 0 bridgehead atoms. The molecule has 2 rings (SSSR count). The van der Waals surface area contributed by atoms with Crippen LogP contribution in [0.3, 0.4) is 0 Å². The third-order valence-corrected chi connectivity index (χ3v) is 5.97. The van der Waals surface area contributed by atoms with E-state index >= 15 is 0 Å². The van der Waals surface area contributed by atoms with Gasteiger partial charge in [0.25, 0.3) is 0 Å². The fraction of sp³-hybridized carbons (Fsp3) is 0.500. The van der Waals surface area contributed by atoms with Gasteiger partial charge in [0, 0.05) is 17.6 Å². The van der Waals surface area contributed by atoms with Gasteiger partial charge in [-0.15, -0.1) is 0 Å². The van der Waals surface area contributed by atoms with Gasteiger partial charge in [-0.05, 0) is 52.9 Å². The highest BCUT2D eigenvalue weighted by Crippen LogP contribution is 2.28. The first kappa shape index (κ1) is 14.0. The minimum atomic E-state index is -3.52. The highest BCUT2D eigenvalue weighted by atomic mass is 79.9. The third kappa shape index (κ3) is 2.75. The molecule has 0 aliphatic carbocycles. The van der Waals surface area contributed by atoms with Crippen LogP contribution in [-0.2, 0) is 10.0 Å². The molecule has 1 fully saturated rings. The zero-order valence-corrected chi connectivity index (χ0v) is 12.5. The topological polar surface area (TPSA) is 37.4 Å². The lowest BCUT2D eigenvalue weighted by atomic mass is 10.0. The summed E-state index contributed by atoms with van der Waals surface area (Å²) in [5.41, 5.74) is 0. The average molecular weight is 336 g/mol. The summed E-state index contributed by atoms with van der Waals surface area (Å²) in [6, 6.07) is 3.67. The molecular weight excluding hydrogens is 321 g/mol. The van der Waals surface area contributed by atoms with Crippen LogP contribution in [0.25, 0.3) is 0 Å². The monoisotopic (exact) mass is 335 g/mol. The summed E-state index contributed by atoms with van der Waals surface area (Å²) in [6.07, 6.45) is 1.93. The molecule has 0 radical (unpaired) electrons. The largest absolute Gasteiger partial charge is 0.244 e. The fourth-order valence-electron chi connectivity index (χ4n) is 2.19. The molecule has 0 aromatic heterocycles. The van der Waals surface area contributed by atoms with Gasteiger partial charge in [-0.1, -0.05) is 6.92 Å². The van der Waals surface area contributed by atoms with E-state index in [1.165, 1.54) is 22.5 Å². The first-order chi connectivity index (χ1) is 8.41. The molecule has 6 heteroatoms. The molecule has 3 nitrogen and oxygen atoms in total. The minimum absolute atomic E-state index is 0.137. The Hall–Kier alpha value is -0.460. The highest BCUT2D eigenvalue weighted by molar-refractivity contribution is 9.10. The second-order valence-electron chi connectivity index (χ2n) is 4.69. The third-order valence-electron chi connectivity index (χ3n) is 3.13. The Morgan fingerprint density at radius 3 is 2.78 bits per heavy atom. The van der Waals surface area contributed by atoms with Crippen LogP contribution >= 0.6 is 15.9 Å². The Labute approximate surface area is 115 Å². The van der Waals surface area contributed by atoms with Crippen molar-refractivity contribution in [3.63, 3.8) is 0 Å². The Bertz CT molecular complexity index is 547. The van der Waals surface area contributed by atoms with Crippen LogP contribution in [0.1, 0.15) is 19.8 Å². The predicted octanol–water partition coefficient (Wildman–Crippen LogP) is 3.01. The number of hydrogen-bond acceptors (Lipinski definition) is 2. The standard InChI is InChI=1S/C12H15BrFNO2S/c1-9-3-2-6-15(8-9)18(16,17)12-5-4-10(14)7-11(12)13/h4-5,7,9H,2-3,6,8H2,1H3/t9-/m0/s1. The van der Waals surface area contributed by atoms with Gasteiger partial charge in [0.15, 0.2) is 0 Å². The van der Waals surface area contributed by atoms with Crippen molar-refractivity contribution in [2.24, 2.45) is 5.92 Å². The van der Waals surface area contributed by atoms with Crippen molar-refractivity contribution >= 4 is 26.0 Å². The van der Waals surface area contributed by atoms with Crippen LogP contribution in [-0.4, -0.2) is 25.8 Å². The number of hydrogen-bond donors (Lipinski definition) is 0. The molecule has 0 unspecified atom stereocenters. The zero-order chi connectivity index (χ0) is 13.3. The van der Waals surface area contributed by atoms with Gasteiger partial charge < -0.3 is 0 Å². The maximum absolute atomic E-state index is 13.0. The van der Waals surface area contributed by atoms with Gasteiger partial charge in [0.05, 0.1) is 4.90 Å². The Morgan fingerprint density at radius 2 is 2.17 bits per heavy atom. The van der Waals surface area contributed by atoms with Crippen LogP contribution in [0.5, 0.6) is 0 Å². The van der Waals surface area contributed by atoms with Gasteiger partial charge in [-0.25, -0.2) is 12.8 Å². The Balaban J connectivity index is 2.35. The summed E-state index contributed by atoms with van der Waals surface area (Å²) in [5, 5.41) is 0. The molecule has 1 aromatic rings. The number of piperidine rings is 1. The Kier molecular flexibility index (Phi) is 4.08. The summed E-state index contributed by atoms with van der Waals surface area (Å²) in [6.45, 7) is 3.12. The molecule has 1 aliphatic rings. The quantitative estimate of drug-likeness (QED) is 0.833. The van der Waals surface area contributed by atoms with Gasteiger partial charge in [0.2, 0.25) is 10.0 Å². The van der Waals surface area contributed by atoms with Gasteiger partial charge >= 0.3 is 0 Å². The lowest BCUT2D eigenvalue weighted by Gasteiger charge is -2.30. The van der Waals surface area contributed by atoms with Crippen LogP contribution in [0.15, 0.2) is 27.6 Å². The molecule has 0 amide bonds. The normalized spacial score (nSPS) is 22.1. The molecular formula is C12H15BrFNO2S. The molecule has 0 spiro atoms. The maximum atomic E-state index is 13.0. The minimum Gasteiger partial charge on any atom is -0.207 e. The van der Waals surface area contributed by atoms with Crippen LogP contribution in [0, 0.1) is 11.7 Å². The fourth-order valence-corrected chi connectivity index (χ4v) is 4.80. The van der Waals surface area contributed by atoms with E-state index in [-0.39, 0.29) is 9.37 Å². The SMILES string of the molecule is C[C@H]1CCCN(S(=O)(=O)c2ccc(F)cc2Br)C1. The summed E-state index contributed by atoms with van der Waals surface area (Å²) in [7, 11) is -3.52. The van der Waals surface area contributed by atoms with Crippen molar-refractivity contribution in [1.82, 2.24) is 4.31 Å². The molecule has 1 aromatic carbocycles. The van der Waals surface area contributed by atoms with Gasteiger partial charge in [0.1, 0.15) is 5.82 Å². The van der Waals surface area contributed by atoms with Gasteiger partial charge in [-0.3, -0.25) is 0 Å². The van der Waals surface area contributed by atoms with Crippen LogP contribution in [0.4, 0.5) is 4.39 Å². The van der Waals surface area contributed by atoms with Crippen LogP contribution in [0.2, 0.25) is 0 Å². The van der Waals surface area contributed by atoms with Crippen molar-refractivity contribution in [1.29, 1.82) is 0 Å². The molecule has 100 valence electrons. The van der Waals surface area contributed by atoms with Crippen LogP contribution < -0.4 is 0 Å². The number of nitrogens with zero attached hydrogens (tertiary/aromatic N) is 1. The average Bonchev–Trinajstić information content (AvgIpc) is 2.28. The summed E-state index contributed by atoms with van der Waals surface area (Å²) < 4.78 is 39.6. The summed E-state index contributed by atoms with van der Waals surface area (Å²) in [5.74, 6) is -0.0828. The predicted molar refractivity (Wildman–Crippen MR) is 71.3 cm³/mol. The second kappa shape index (κ2) is 5.27. The highest BCUT2D eigenvalue weighted by Gasteiger charge is 2.30. The smallest absolute Gasteiger partial charge is 0.207 e.